The number of anilines is 1. The highest BCUT2D eigenvalue weighted by atomic mass is 35.5. The van der Waals surface area contributed by atoms with Gasteiger partial charge in [0.15, 0.2) is 12.4 Å². The zero-order chi connectivity index (χ0) is 23.1. The third-order valence-electron chi connectivity index (χ3n) is 4.51. The molecule has 3 aromatic carbocycles. The number of methoxy groups -OCH3 is 2. The summed E-state index contributed by atoms with van der Waals surface area (Å²) in [6.07, 6.45) is 0. The van der Waals surface area contributed by atoms with E-state index >= 15 is 0 Å². The number of carbonyl (C=O) groups is 3. The van der Waals surface area contributed by atoms with Gasteiger partial charge < -0.3 is 19.5 Å². The average Bonchev–Trinajstić information content (AvgIpc) is 2.82. The van der Waals surface area contributed by atoms with Crippen molar-refractivity contribution in [1.29, 1.82) is 0 Å². The summed E-state index contributed by atoms with van der Waals surface area (Å²) in [6, 6.07) is 17.5. The third-order valence-corrected chi connectivity index (χ3v) is 4.75. The molecule has 0 radical (unpaired) electrons. The molecule has 0 aliphatic heterocycles. The Hall–Kier alpha value is -3.84. The van der Waals surface area contributed by atoms with Crippen LogP contribution in [0.25, 0.3) is 0 Å². The van der Waals surface area contributed by atoms with E-state index in [2.05, 4.69) is 5.32 Å². The molecule has 0 heterocycles. The van der Waals surface area contributed by atoms with Crippen molar-refractivity contribution in [1.82, 2.24) is 0 Å². The molecular weight excluding hydrogens is 434 g/mol. The van der Waals surface area contributed by atoms with Crippen molar-refractivity contribution in [2.24, 2.45) is 0 Å². The van der Waals surface area contributed by atoms with Crippen molar-refractivity contribution >= 4 is 34.9 Å². The van der Waals surface area contributed by atoms with E-state index in [-0.39, 0.29) is 16.9 Å². The first kappa shape index (κ1) is 22.8. The van der Waals surface area contributed by atoms with E-state index in [1.54, 1.807) is 48.5 Å². The number of amides is 1. The monoisotopic (exact) mass is 453 g/mol. The molecule has 0 saturated heterocycles. The van der Waals surface area contributed by atoms with E-state index in [0.717, 1.165) is 0 Å². The second kappa shape index (κ2) is 10.5. The number of ether oxygens (including phenoxy) is 3. The number of benzene rings is 3. The summed E-state index contributed by atoms with van der Waals surface area (Å²) in [6.45, 7) is -0.556. The van der Waals surface area contributed by atoms with Crippen LogP contribution in [0, 0.1) is 0 Å². The van der Waals surface area contributed by atoms with Crippen molar-refractivity contribution in [3.63, 3.8) is 0 Å². The van der Waals surface area contributed by atoms with Gasteiger partial charge in [-0.15, -0.1) is 0 Å². The molecule has 7 nitrogen and oxygen atoms in total. The van der Waals surface area contributed by atoms with Gasteiger partial charge in [-0.25, -0.2) is 4.79 Å². The molecule has 3 rings (SSSR count). The summed E-state index contributed by atoms with van der Waals surface area (Å²) in [5.74, 6) is -0.719. The van der Waals surface area contributed by atoms with Crippen LogP contribution in [0.2, 0.25) is 5.02 Å². The highest BCUT2D eigenvalue weighted by Gasteiger charge is 2.20. The molecule has 1 N–H and O–H groups in total. The molecule has 0 aromatic heterocycles. The highest BCUT2D eigenvalue weighted by Crippen LogP contribution is 2.27. The van der Waals surface area contributed by atoms with E-state index in [1.807, 2.05) is 0 Å². The number of rotatable bonds is 8. The number of nitrogens with one attached hydrogen (secondary N) is 1. The molecule has 3 aromatic rings. The predicted octanol–water partition coefficient (Wildman–Crippen LogP) is 4.38. The van der Waals surface area contributed by atoms with Gasteiger partial charge in [0.2, 0.25) is 0 Å². The highest BCUT2D eigenvalue weighted by molar-refractivity contribution is 6.31. The van der Waals surface area contributed by atoms with Crippen LogP contribution < -0.4 is 14.8 Å². The standard InChI is InChI=1S/C24H20ClNO6/c1-30-17-10-7-15(8-11-17)23(28)18-5-3-4-6-19(18)24(29)32-14-22(27)26-20-13-16(25)9-12-21(20)31-2/h3-13H,14H2,1-2H3,(H,26,27). The SMILES string of the molecule is COc1ccc(C(=O)c2ccccc2C(=O)OCC(=O)Nc2cc(Cl)ccc2OC)cc1. The normalized spacial score (nSPS) is 10.2. The molecule has 0 aliphatic rings. The minimum atomic E-state index is -0.796. The van der Waals surface area contributed by atoms with E-state index in [9.17, 15) is 14.4 Å². The van der Waals surface area contributed by atoms with E-state index < -0.39 is 18.5 Å². The molecule has 0 bridgehead atoms. The Kier molecular flexibility index (Phi) is 7.46. The van der Waals surface area contributed by atoms with Gasteiger partial charge in [0, 0.05) is 16.1 Å². The first-order valence-electron chi connectivity index (χ1n) is 9.51. The van der Waals surface area contributed by atoms with Crippen molar-refractivity contribution in [3.8, 4) is 11.5 Å². The molecule has 8 heteroatoms. The summed E-state index contributed by atoms with van der Waals surface area (Å²) < 4.78 is 15.4. The Bertz CT molecular complexity index is 1140. The number of hydrogen-bond acceptors (Lipinski definition) is 6. The number of carbonyl (C=O) groups excluding carboxylic acids is 3. The first-order chi connectivity index (χ1) is 15.4. The zero-order valence-electron chi connectivity index (χ0n) is 17.4. The molecule has 0 atom stereocenters. The maximum Gasteiger partial charge on any atom is 0.339 e. The largest absolute Gasteiger partial charge is 0.497 e. The lowest BCUT2D eigenvalue weighted by Gasteiger charge is -2.12. The lowest BCUT2D eigenvalue weighted by atomic mass is 9.98. The summed E-state index contributed by atoms with van der Waals surface area (Å²) >= 11 is 5.95. The lowest BCUT2D eigenvalue weighted by molar-refractivity contribution is -0.119. The van der Waals surface area contributed by atoms with Gasteiger partial charge in [0.1, 0.15) is 11.5 Å². The number of ketones is 1. The van der Waals surface area contributed by atoms with E-state index in [1.165, 1.54) is 32.4 Å². The minimum Gasteiger partial charge on any atom is -0.497 e. The maximum absolute atomic E-state index is 12.9. The second-order valence-corrected chi connectivity index (χ2v) is 7.01. The molecule has 32 heavy (non-hydrogen) atoms. The fourth-order valence-electron chi connectivity index (χ4n) is 2.93. The van der Waals surface area contributed by atoms with Crippen LogP contribution in [-0.2, 0) is 9.53 Å². The maximum atomic E-state index is 12.9. The van der Waals surface area contributed by atoms with Crippen LogP contribution in [0.5, 0.6) is 11.5 Å². The Morgan fingerprint density at radius 2 is 1.56 bits per heavy atom. The Morgan fingerprint density at radius 3 is 2.22 bits per heavy atom. The fraction of sp³-hybridized carbons (Fsp3) is 0.125. The number of esters is 1. The van der Waals surface area contributed by atoms with Gasteiger partial charge in [-0.2, -0.15) is 0 Å². The van der Waals surface area contributed by atoms with Crippen molar-refractivity contribution in [2.45, 2.75) is 0 Å². The molecular formula is C24H20ClNO6. The average molecular weight is 454 g/mol. The molecule has 0 aliphatic carbocycles. The van der Waals surface area contributed by atoms with Crippen LogP contribution in [0.4, 0.5) is 5.69 Å². The van der Waals surface area contributed by atoms with Crippen LogP contribution >= 0.6 is 11.6 Å². The molecule has 0 unspecified atom stereocenters. The summed E-state index contributed by atoms with van der Waals surface area (Å²) in [5, 5.41) is 2.99. The van der Waals surface area contributed by atoms with Gasteiger partial charge >= 0.3 is 5.97 Å². The van der Waals surface area contributed by atoms with Crippen LogP contribution in [0.15, 0.2) is 66.7 Å². The van der Waals surface area contributed by atoms with E-state index in [4.69, 9.17) is 25.8 Å². The third kappa shape index (κ3) is 5.44. The summed E-state index contributed by atoms with van der Waals surface area (Å²) in [7, 11) is 2.98. The quantitative estimate of drug-likeness (QED) is 0.402. The lowest BCUT2D eigenvalue weighted by Crippen LogP contribution is -2.22. The first-order valence-corrected chi connectivity index (χ1v) is 9.89. The molecule has 0 fully saturated rings. The Labute approximate surface area is 189 Å². The van der Waals surface area contributed by atoms with Crippen LogP contribution in [0.1, 0.15) is 26.3 Å². The van der Waals surface area contributed by atoms with Gasteiger partial charge in [-0.3, -0.25) is 9.59 Å². The topological polar surface area (TPSA) is 90.9 Å². The predicted molar refractivity (Wildman–Crippen MR) is 120 cm³/mol. The molecule has 164 valence electrons. The fourth-order valence-corrected chi connectivity index (χ4v) is 3.10. The van der Waals surface area contributed by atoms with Gasteiger partial charge in [-0.05, 0) is 48.5 Å². The second-order valence-electron chi connectivity index (χ2n) is 6.57. The Balaban J connectivity index is 1.70. The van der Waals surface area contributed by atoms with Gasteiger partial charge in [0.05, 0.1) is 25.5 Å². The molecule has 0 spiro atoms. The summed E-state index contributed by atoms with van der Waals surface area (Å²) in [5.41, 5.74) is 0.953. The Morgan fingerprint density at radius 1 is 0.875 bits per heavy atom. The van der Waals surface area contributed by atoms with Crippen LogP contribution in [0.3, 0.4) is 0 Å². The zero-order valence-corrected chi connectivity index (χ0v) is 18.1. The minimum absolute atomic E-state index is 0.0569. The number of halogens is 1. The van der Waals surface area contributed by atoms with Crippen molar-refractivity contribution in [2.75, 3.05) is 26.1 Å². The van der Waals surface area contributed by atoms with Crippen molar-refractivity contribution in [3.05, 3.63) is 88.4 Å². The molecule has 0 saturated carbocycles. The summed E-state index contributed by atoms with van der Waals surface area (Å²) in [4.78, 5) is 37.8. The number of hydrogen-bond donors (Lipinski definition) is 1. The van der Waals surface area contributed by atoms with E-state index in [0.29, 0.717) is 27.8 Å². The van der Waals surface area contributed by atoms with Crippen molar-refractivity contribution < 1.29 is 28.6 Å². The molecule has 1 amide bonds. The smallest absolute Gasteiger partial charge is 0.339 e. The van der Waals surface area contributed by atoms with Gasteiger partial charge in [0.25, 0.3) is 5.91 Å². The van der Waals surface area contributed by atoms with Gasteiger partial charge in [-0.1, -0.05) is 29.8 Å². The van der Waals surface area contributed by atoms with Crippen LogP contribution in [-0.4, -0.2) is 38.5 Å².